The van der Waals surface area contributed by atoms with Crippen LogP contribution in [-0.4, -0.2) is 41.7 Å². The van der Waals surface area contributed by atoms with E-state index in [0.29, 0.717) is 18.3 Å². The Morgan fingerprint density at radius 3 is 2.65 bits per heavy atom. The van der Waals surface area contributed by atoms with Crippen LogP contribution in [0.25, 0.3) is 0 Å². The van der Waals surface area contributed by atoms with Crippen molar-refractivity contribution in [3.8, 4) is 5.75 Å². The first-order valence-electron chi connectivity index (χ1n) is 5.89. The van der Waals surface area contributed by atoms with Gasteiger partial charge in [0.05, 0.1) is 6.61 Å². The minimum atomic E-state index is -0.0506. The molecule has 0 aliphatic heterocycles. The second kappa shape index (κ2) is 5.68. The fourth-order valence-electron chi connectivity index (χ4n) is 1.75. The molecule has 0 unspecified atom stereocenters. The van der Waals surface area contributed by atoms with Crippen LogP contribution in [0.4, 0.5) is 0 Å². The molecule has 0 atom stereocenters. The first kappa shape index (κ1) is 11.9. The number of benzene rings is 1. The highest BCUT2D eigenvalue weighted by atomic mass is 16.5. The van der Waals surface area contributed by atoms with Crippen molar-refractivity contribution < 1.29 is 14.6 Å². The molecule has 0 radical (unpaired) electrons. The normalized spacial score (nSPS) is 14.4. The molecular formula is C13H17NO3. The second-order valence-corrected chi connectivity index (χ2v) is 4.14. The highest BCUT2D eigenvalue weighted by molar-refractivity contribution is 5.78. The van der Waals surface area contributed by atoms with Gasteiger partial charge in [0.2, 0.25) is 0 Å². The smallest absolute Gasteiger partial charge is 0.260 e. The van der Waals surface area contributed by atoms with E-state index in [0.717, 1.165) is 12.8 Å². The van der Waals surface area contributed by atoms with E-state index in [1.54, 1.807) is 4.90 Å². The van der Waals surface area contributed by atoms with E-state index in [-0.39, 0.29) is 19.1 Å². The van der Waals surface area contributed by atoms with Crippen LogP contribution in [0.15, 0.2) is 30.3 Å². The molecule has 1 aromatic rings. The Morgan fingerprint density at radius 1 is 1.35 bits per heavy atom. The number of rotatable bonds is 6. The summed E-state index contributed by atoms with van der Waals surface area (Å²) in [5.41, 5.74) is 0. The lowest BCUT2D eigenvalue weighted by molar-refractivity contribution is -0.134. The number of hydrogen-bond acceptors (Lipinski definition) is 3. The van der Waals surface area contributed by atoms with Crippen LogP contribution >= 0.6 is 0 Å². The molecule has 1 N–H and O–H groups in total. The molecule has 1 aliphatic rings. The summed E-state index contributed by atoms with van der Waals surface area (Å²) in [6.45, 7) is 0.454. The molecule has 0 spiro atoms. The van der Waals surface area contributed by atoms with Crippen molar-refractivity contribution in [1.29, 1.82) is 0 Å². The van der Waals surface area contributed by atoms with Crippen molar-refractivity contribution in [3.63, 3.8) is 0 Å². The number of carbonyl (C=O) groups excluding carboxylic acids is 1. The van der Waals surface area contributed by atoms with Crippen molar-refractivity contribution in [2.24, 2.45) is 0 Å². The molecule has 0 bridgehead atoms. The Morgan fingerprint density at radius 2 is 2.06 bits per heavy atom. The van der Waals surface area contributed by atoms with Gasteiger partial charge >= 0.3 is 0 Å². The number of aliphatic hydroxyl groups is 1. The SMILES string of the molecule is O=C(COc1ccccc1)N(CCO)C1CC1. The summed E-state index contributed by atoms with van der Waals surface area (Å²) >= 11 is 0. The molecule has 0 aromatic heterocycles. The largest absolute Gasteiger partial charge is 0.484 e. The van der Waals surface area contributed by atoms with Crippen LogP contribution in [0.5, 0.6) is 5.75 Å². The van der Waals surface area contributed by atoms with Crippen molar-refractivity contribution in [3.05, 3.63) is 30.3 Å². The van der Waals surface area contributed by atoms with Crippen LogP contribution in [-0.2, 0) is 4.79 Å². The molecule has 4 heteroatoms. The summed E-state index contributed by atoms with van der Waals surface area (Å²) in [6, 6.07) is 9.59. The van der Waals surface area contributed by atoms with E-state index in [1.807, 2.05) is 30.3 Å². The van der Waals surface area contributed by atoms with Crippen molar-refractivity contribution >= 4 is 5.91 Å². The summed E-state index contributed by atoms with van der Waals surface area (Å²) in [5.74, 6) is 0.644. The Kier molecular flexibility index (Phi) is 3.98. The second-order valence-electron chi connectivity index (χ2n) is 4.14. The number of nitrogens with zero attached hydrogens (tertiary/aromatic N) is 1. The number of aliphatic hydroxyl groups excluding tert-OH is 1. The van der Waals surface area contributed by atoms with Crippen LogP contribution in [0.1, 0.15) is 12.8 Å². The van der Waals surface area contributed by atoms with Gasteiger partial charge in [0.1, 0.15) is 5.75 Å². The summed E-state index contributed by atoms with van der Waals surface area (Å²) in [5, 5.41) is 8.91. The fraction of sp³-hybridized carbons (Fsp3) is 0.462. The Hall–Kier alpha value is -1.55. The molecule has 1 amide bonds. The van der Waals surface area contributed by atoms with E-state index < -0.39 is 0 Å². The quantitative estimate of drug-likeness (QED) is 0.801. The fourth-order valence-corrected chi connectivity index (χ4v) is 1.75. The van der Waals surface area contributed by atoms with Gasteiger partial charge in [-0.05, 0) is 25.0 Å². The van der Waals surface area contributed by atoms with E-state index >= 15 is 0 Å². The molecule has 92 valence electrons. The average molecular weight is 235 g/mol. The third kappa shape index (κ3) is 3.46. The summed E-state index contributed by atoms with van der Waals surface area (Å²) in [4.78, 5) is 13.6. The zero-order valence-corrected chi connectivity index (χ0v) is 9.71. The van der Waals surface area contributed by atoms with Crippen molar-refractivity contribution in [2.45, 2.75) is 18.9 Å². The standard InChI is InChI=1S/C13H17NO3/c15-9-8-14(11-6-7-11)13(16)10-17-12-4-2-1-3-5-12/h1-5,11,15H,6-10H2. The Labute approximate surface area is 101 Å². The van der Waals surface area contributed by atoms with Gasteiger partial charge in [-0.2, -0.15) is 0 Å². The number of ether oxygens (including phenoxy) is 1. The topological polar surface area (TPSA) is 49.8 Å². The van der Waals surface area contributed by atoms with Crippen molar-refractivity contribution in [2.75, 3.05) is 19.8 Å². The van der Waals surface area contributed by atoms with Gasteiger partial charge in [-0.3, -0.25) is 4.79 Å². The lowest BCUT2D eigenvalue weighted by atomic mass is 10.3. The third-order valence-electron chi connectivity index (χ3n) is 2.75. The number of hydrogen-bond donors (Lipinski definition) is 1. The predicted octanol–water partition coefficient (Wildman–Crippen LogP) is 1.05. The average Bonchev–Trinajstić information content (AvgIpc) is 3.18. The molecule has 0 saturated heterocycles. The molecule has 17 heavy (non-hydrogen) atoms. The van der Waals surface area contributed by atoms with Gasteiger partial charge in [0.25, 0.3) is 5.91 Å². The van der Waals surface area contributed by atoms with E-state index in [1.165, 1.54) is 0 Å². The molecule has 1 aliphatic carbocycles. The highest BCUT2D eigenvalue weighted by Crippen LogP contribution is 2.26. The number of amides is 1. The van der Waals surface area contributed by atoms with Gasteiger partial charge in [0.15, 0.2) is 6.61 Å². The lowest BCUT2D eigenvalue weighted by Gasteiger charge is -2.21. The van der Waals surface area contributed by atoms with Gasteiger partial charge in [0, 0.05) is 12.6 Å². The first-order chi connectivity index (χ1) is 8.31. The minimum Gasteiger partial charge on any atom is -0.484 e. The van der Waals surface area contributed by atoms with Crippen LogP contribution in [0.3, 0.4) is 0 Å². The molecule has 1 saturated carbocycles. The number of para-hydroxylation sites is 1. The minimum absolute atomic E-state index is 0.00752. The predicted molar refractivity (Wildman–Crippen MR) is 63.8 cm³/mol. The zero-order valence-electron chi connectivity index (χ0n) is 9.71. The van der Waals surface area contributed by atoms with Gasteiger partial charge in [-0.1, -0.05) is 18.2 Å². The third-order valence-corrected chi connectivity index (χ3v) is 2.75. The van der Waals surface area contributed by atoms with Crippen molar-refractivity contribution in [1.82, 2.24) is 4.90 Å². The van der Waals surface area contributed by atoms with E-state index in [9.17, 15) is 4.79 Å². The summed E-state index contributed by atoms with van der Waals surface area (Å²) in [6.07, 6.45) is 2.08. The molecule has 2 rings (SSSR count). The molecule has 1 fully saturated rings. The summed E-state index contributed by atoms with van der Waals surface area (Å²) in [7, 11) is 0. The van der Waals surface area contributed by atoms with Crippen LogP contribution in [0.2, 0.25) is 0 Å². The van der Waals surface area contributed by atoms with Crippen LogP contribution in [0, 0.1) is 0 Å². The summed E-state index contributed by atoms with van der Waals surface area (Å²) < 4.78 is 5.40. The molecular weight excluding hydrogens is 218 g/mol. The van der Waals surface area contributed by atoms with E-state index in [4.69, 9.17) is 9.84 Å². The lowest BCUT2D eigenvalue weighted by Crippen LogP contribution is -2.38. The van der Waals surface area contributed by atoms with Gasteiger partial charge in [-0.25, -0.2) is 0 Å². The zero-order chi connectivity index (χ0) is 12.1. The maximum Gasteiger partial charge on any atom is 0.260 e. The van der Waals surface area contributed by atoms with Gasteiger partial charge in [-0.15, -0.1) is 0 Å². The maximum atomic E-state index is 11.9. The maximum absolute atomic E-state index is 11.9. The van der Waals surface area contributed by atoms with Gasteiger partial charge < -0.3 is 14.7 Å². The Bertz CT molecular complexity index is 362. The molecule has 4 nitrogen and oxygen atoms in total. The number of carbonyl (C=O) groups is 1. The Balaban J connectivity index is 1.83. The molecule has 1 aromatic carbocycles. The van der Waals surface area contributed by atoms with Crippen LogP contribution < -0.4 is 4.74 Å². The van der Waals surface area contributed by atoms with E-state index in [2.05, 4.69) is 0 Å². The first-order valence-corrected chi connectivity index (χ1v) is 5.89. The highest BCUT2D eigenvalue weighted by Gasteiger charge is 2.32. The molecule has 0 heterocycles. The monoisotopic (exact) mass is 235 g/mol.